The molecule has 8 nitrogen and oxygen atoms in total. The molecule has 0 aliphatic carbocycles. The van der Waals surface area contributed by atoms with E-state index in [1.807, 2.05) is 24.3 Å². The fraction of sp³-hybridized carbons (Fsp3) is 0.364. The Morgan fingerprint density at radius 2 is 1.94 bits per heavy atom. The van der Waals surface area contributed by atoms with E-state index >= 15 is 0 Å². The number of fused-ring (bicyclic) bond motifs is 1. The Bertz CT molecular complexity index is 1220. The Morgan fingerprint density at radius 1 is 1.13 bits per heavy atom. The second-order valence-corrected chi connectivity index (χ2v) is 9.88. The minimum atomic E-state index is -3.41. The standard InChI is InChI=1S/C22H25N5O3S/c1-31(28,29)19-5-3-2-4-15(19)17-14-20(27-10-12-30-13-11-27)25-21-16(17)6-8-23-22(21)18-7-9-24-26-18/h2-6,8,14,18,24,26H,7,9-13H2,1H3. The Morgan fingerprint density at radius 3 is 2.68 bits per heavy atom. The quantitative estimate of drug-likeness (QED) is 0.638. The van der Waals surface area contributed by atoms with Crippen LogP contribution >= 0.6 is 0 Å². The summed E-state index contributed by atoms with van der Waals surface area (Å²) < 4.78 is 30.6. The van der Waals surface area contributed by atoms with Crippen LogP contribution in [0.2, 0.25) is 0 Å². The minimum Gasteiger partial charge on any atom is -0.378 e. The summed E-state index contributed by atoms with van der Waals surface area (Å²) in [6.45, 7) is 3.62. The van der Waals surface area contributed by atoms with E-state index in [2.05, 4.69) is 20.7 Å². The number of aromatic nitrogens is 2. The molecular weight excluding hydrogens is 414 g/mol. The predicted molar refractivity (Wildman–Crippen MR) is 120 cm³/mol. The molecule has 2 aliphatic rings. The molecule has 162 valence electrons. The Balaban J connectivity index is 1.79. The van der Waals surface area contributed by atoms with E-state index in [0.29, 0.717) is 23.7 Å². The molecule has 0 radical (unpaired) electrons. The summed E-state index contributed by atoms with van der Waals surface area (Å²) in [6.07, 6.45) is 3.93. The fourth-order valence-electron chi connectivity index (χ4n) is 4.29. The van der Waals surface area contributed by atoms with Gasteiger partial charge in [0.2, 0.25) is 0 Å². The molecule has 0 bridgehead atoms. The molecule has 1 atom stereocenters. The van der Waals surface area contributed by atoms with Gasteiger partial charge < -0.3 is 9.64 Å². The number of hydrogen-bond donors (Lipinski definition) is 2. The van der Waals surface area contributed by atoms with Crippen LogP contribution in [0.15, 0.2) is 47.5 Å². The van der Waals surface area contributed by atoms with Gasteiger partial charge in [-0.05, 0) is 30.2 Å². The van der Waals surface area contributed by atoms with Gasteiger partial charge in [0.1, 0.15) is 5.82 Å². The number of rotatable bonds is 4. The molecule has 4 heterocycles. The normalized spacial score (nSPS) is 19.8. The van der Waals surface area contributed by atoms with Crippen molar-refractivity contribution in [3.8, 4) is 11.1 Å². The Labute approximate surface area is 181 Å². The average Bonchev–Trinajstić information content (AvgIpc) is 3.33. The van der Waals surface area contributed by atoms with Crippen molar-refractivity contribution in [2.24, 2.45) is 0 Å². The number of morpholine rings is 1. The van der Waals surface area contributed by atoms with Gasteiger partial charge in [0.25, 0.3) is 0 Å². The summed E-state index contributed by atoms with van der Waals surface area (Å²) in [7, 11) is -3.41. The molecule has 0 saturated carbocycles. The van der Waals surface area contributed by atoms with E-state index < -0.39 is 9.84 Å². The molecule has 2 saturated heterocycles. The molecule has 5 rings (SSSR count). The molecule has 0 spiro atoms. The Kier molecular flexibility index (Phi) is 5.35. The SMILES string of the molecule is CS(=O)(=O)c1ccccc1-c1cc(N2CCOCC2)nc2c(C3CCNN3)nccc12. The smallest absolute Gasteiger partial charge is 0.176 e. The summed E-state index contributed by atoms with van der Waals surface area (Å²) in [5, 5.41) is 0.895. The summed E-state index contributed by atoms with van der Waals surface area (Å²) in [4.78, 5) is 12.2. The van der Waals surface area contributed by atoms with Gasteiger partial charge >= 0.3 is 0 Å². The number of sulfone groups is 1. The van der Waals surface area contributed by atoms with E-state index in [-0.39, 0.29) is 6.04 Å². The molecule has 0 amide bonds. The third-order valence-corrected chi connectivity index (χ3v) is 6.97. The first-order chi connectivity index (χ1) is 15.0. The largest absolute Gasteiger partial charge is 0.378 e. The summed E-state index contributed by atoms with van der Waals surface area (Å²) in [5.74, 6) is 0.814. The lowest BCUT2D eigenvalue weighted by Crippen LogP contribution is -2.36. The zero-order chi connectivity index (χ0) is 21.4. The van der Waals surface area contributed by atoms with Crippen LogP contribution in [0.25, 0.3) is 22.0 Å². The first kappa shape index (κ1) is 20.3. The molecule has 3 aromatic rings. The van der Waals surface area contributed by atoms with E-state index in [9.17, 15) is 8.42 Å². The van der Waals surface area contributed by atoms with Crippen molar-refractivity contribution >= 4 is 26.6 Å². The van der Waals surface area contributed by atoms with Crippen LogP contribution in [-0.4, -0.2) is 57.5 Å². The number of pyridine rings is 2. The summed E-state index contributed by atoms with van der Waals surface area (Å²) in [6, 6.07) is 11.1. The molecule has 2 aromatic heterocycles. The van der Waals surface area contributed by atoms with Crippen LogP contribution in [0, 0.1) is 0 Å². The summed E-state index contributed by atoms with van der Waals surface area (Å²) in [5.41, 5.74) is 9.64. The van der Waals surface area contributed by atoms with Gasteiger partial charge in [0, 0.05) is 43.0 Å². The molecule has 2 N–H and O–H groups in total. The minimum absolute atomic E-state index is 0.0501. The lowest BCUT2D eigenvalue weighted by molar-refractivity contribution is 0.122. The molecular formula is C22H25N5O3S. The van der Waals surface area contributed by atoms with Crippen LogP contribution in [0.4, 0.5) is 5.82 Å². The second kappa shape index (κ2) is 8.16. The van der Waals surface area contributed by atoms with Gasteiger partial charge in [-0.3, -0.25) is 10.4 Å². The van der Waals surface area contributed by atoms with Gasteiger partial charge in [-0.1, -0.05) is 18.2 Å². The number of ether oxygens (including phenoxy) is 1. The summed E-state index contributed by atoms with van der Waals surface area (Å²) >= 11 is 0. The van der Waals surface area contributed by atoms with Crippen LogP contribution in [0.3, 0.4) is 0 Å². The topological polar surface area (TPSA) is 96.5 Å². The van der Waals surface area contributed by atoms with Crippen molar-refractivity contribution in [1.29, 1.82) is 0 Å². The van der Waals surface area contributed by atoms with Crippen molar-refractivity contribution < 1.29 is 13.2 Å². The van der Waals surface area contributed by atoms with Crippen molar-refractivity contribution in [3.05, 3.63) is 48.3 Å². The maximum absolute atomic E-state index is 12.6. The number of anilines is 1. The van der Waals surface area contributed by atoms with Crippen molar-refractivity contribution in [1.82, 2.24) is 20.8 Å². The first-order valence-corrected chi connectivity index (χ1v) is 12.3. The second-order valence-electron chi connectivity index (χ2n) is 7.90. The third kappa shape index (κ3) is 3.89. The molecule has 2 aliphatic heterocycles. The zero-order valence-electron chi connectivity index (χ0n) is 17.3. The van der Waals surface area contributed by atoms with Gasteiger partial charge in [0.15, 0.2) is 9.84 Å². The number of benzene rings is 1. The van der Waals surface area contributed by atoms with E-state index in [4.69, 9.17) is 9.72 Å². The fourth-order valence-corrected chi connectivity index (χ4v) is 5.20. The highest BCUT2D eigenvalue weighted by Crippen LogP contribution is 2.37. The van der Waals surface area contributed by atoms with Crippen LogP contribution < -0.4 is 15.8 Å². The molecule has 2 fully saturated rings. The number of nitrogens with one attached hydrogen (secondary N) is 2. The lowest BCUT2D eigenvalue weighted by Gasteiger charge is -2.29. The van der Waals surface area contributed by atoms with Crippen molar-refractivity contribution in [2.45, 2.75) is 17.4 Å². The highest BCUT2D eigenvalue weighted by atomic mass is 32.2. The van der Waals surface area contributed by atoms with Gasteiger partial charge in [-0.25, -0.2) is 18.8 Å². The van der Waals surface area contributed by atoms with Crippen molar-refractivity contribution in [2.75, 3.05) is 44.0 Å². The van der Waals surface area contributed by atoms with E-state index in [1.165, 1.54) is 6.26 Å². The predicted octanol–water partition coefficient (Wildman–Crippen LogP) is 2.08. The Hall–Kier alpha value is -2.59. The van der Waals surface area contributed by atoms with Crippen LogP contribution in [-0.2, 0) is 14.6 Å². The first-order valence-electron chi connectivity index (χ1n) is 10.4. The average molecular weight is 440 g/mol. The maximum Gasteiger partial charge on any atom is 0.176 e. The zero-order valence-corrected chi connectivity index (χ0v) is 18.2. The number of nitrogens with zero attached hydrogens (tertiary/aromatic N) is 3. The van der Waals surface area contributed by atoms with Gasteiger partial charge in [-0.15, -0.1) is 0 Å². The molecule has 1 unspecified atom stereocenters. The van der Waals surface area contributed by atoms with Gasteiger partial charge in [-0.2, -0.15) is 0 Å². The van der Waals surface area contributed by atoms with Crippen LogP contribution in [0.1, 0.15) is 18.2 Å². The highest BCUT2D eigenvalue weighted by molar-refractivity contribution is 7.90. The van der Waals surface area contributed by atoms with Gasteiger partial charge in [0.05, 0.1) is 35.4 Å². The highest BCUT2D eigenvalue weighted by Gasteiger charge is 2.25. The van der Waals surface area contributed by atoms with E-state index in [0.717, 1.165) is 54.0 Å². The lowest BCUT2D eigenvalue weighted by atomic mass is 9.99. The van der Waals surface area contributed by atoms with E-state index in [1.54, 1.807) is 18.3 Å². The number of hydrogen-bond acceptors (Lipinski definition) is 8. The third-order valence-electron chi connectivity index (χ3n) is 5.82. The maximum atomic E-state index is 12.6. The molecule has 1 aromatic carbocycles. The number of hydrazine groups is 1. The van der Waals surface area contributed by atoms with Crippen molar-refractivity contribution in [3.63, 3.8) is 0 Å². The molecule has 31 heavy (non-hydrogen) atoms. The monoisotopic (exact) mass is 439 g/mol. The van der Waals surface area contributed by atoms with Crippen LogP contribution in [0.5, 0.6) is 0 Å². The molecule has 9 heteroatoms.